The minimum Gasteiger partial charge on any atom is -0.310 e. The van der Waals surface area contributed by atoms with Crippen molar-refractivity contribution < 1.29 is 0 Å². The van der Waals surface area contributed by atoms with Gasteiger partial charge in [0.2, 0.25) is 0 Å². The Balaban J connectivity index is 2.09. The van der Waals surface area contributed by atoms with Crippen LogP contribution in [-0.2, 0) is 0 Å². The highest BCUT2D eigenvalue weighted by Gasteiger charge is 2.20. The van der Waals surface area contributed by atoms with Gasteiger partial charge in [-0.1, -0.05) is 62.2 Å². The van der Waals surface area contributed by atoms with E-state index in [1.54, 1.807) is 6.07 Å². The van der Waals surface area contributed by atoms with Crippen molar-refractivity contribution in [3.8, 4) is 0 Å². The molecule has 1 atom stereocenters. The summed E-state index contributed by atoms with van der Waals surface area (Å²) in [6.45, 7) is 3.13. The number of benzene rings is 1. The largest absolute Gasteiger partial charge is 0.310 e. The van der Waals surface area contributed by atoms with E-state index in [9.17, 15) is 0 Å². The monoisotopic (exact) mass is 299 g/mol. The summed E-state index contributed by atoms with van der Waals surface area (Å²) in [5.74, 6) is 0.843. The van der Waals surface area contributed by atoms with Crippen molar-refractivity contribution in [2.45, 2.75) is 51.5 Å². The van der Waals surface area contributed by atoms with Gasteiger partial charge in [0.15, 0.2) is 0 Å². The van der Waals surface area contributed by atoms with Crippen LogP contribution in [-0.4, -0.2) is 6.54 Å². The highest BCUT2D eigenvalue weighted by atomic mass is 35.5. The summed E-state index contributed by atoms with van der Waals surface area (Å²) >= 11 is 12.2. The maximum Gasteiger partial charge on any atom is 0.0424 e. The second-order valence-electron chi connectivity index (χ2n) is 5.55. The van der Waals surface area contributed by atoms with E-state index < -0.39 is 0 Å². The van der Waals surface area contributed by atoms with Crippen LogP contribution in [0.2, 0.25) is 10.0 Å². The fourth-order valence-electron chi connectivity index (χ4n) is 3.12. The normalized spacial score (nSPS) is 18.5. The summed E-state index contributed by atoms with van der Waals surface area (Å²) in [7, 11) is 0. The van der Waals surface area contributed by atoms with Gasteiger partial charge in [-0.25, -0.2) is 0 Å². The van der Waals surface area contributed by atoms with Crippen molar-refractivity contribution in [2.75, 3.05) is 6.54 Å². The van der Waals surface area contributed by atoms with Crippen LogP contribution < -0.4 is 5.32 Å². The molecule has 0 heterocycles. The van der Waals surface area contributed by atoms with Gasteiger partial charge in [-0.3, -0.25) is 0 Å². The first-order valence-electron chi connectivity index (χ1n) is 7.38. The summed E-state index contributed by atoms with van der Waals surface area (Å²) in [5, 5.41) is 5.04. The smallest absolute Gasteiger partial charge is 0.0424 e. The fourth-order valence-corrected chi connectivity index (χ4v) is 3.66. The summed E-state index contributed by atoms with van der Waals surface area (Å²) in [6, 6.07) is 6.27. The third kappa shape index (κ3) is 4.66. The zero-order valence-electron chi connectivity index (χ0n) is 11.6. The predicted molar refractivity (Wildman–Crippen MR) is 84.1 cm³/mol. The number of rotatable bonds is 5. The summed E-state index contributed by atoms with van der Waals surface area (Å²) in [5.41, 5.74) is 1.23. The van der Waals surface area contributed by atoms with Gasteiger partial charge in [-0.15, -0.1) is 0 Å². The maximum atomic E-state index is 6.12. The van der Waals surface area contributed by atoms with Crippen molar-refractivity contribution in [3.63, 3.8) is 0 Å². The third-order valence-corrected chi connectivity index (χ3v) is 4.47. The average Bonchev–Trinajstić information content (AvgIpc) is 2.38. The summed E-state index contributed by atoms with van der Waals surface area (Å²) < 4.78 is 0. The molecule has 0 aliphatic heterocycles. The van der Waals surface area contributed by atoms with Crippen LogP contribution in [0.4, 0.5) is 0 Å². The van der Waals surface area contributed by atoms with E-state index in [-0.39, 0.29) is 0 Å². The predicted octanol–water partition coefficient (Wildman–Crippen LogP) is 5.61. The minimum atomic E-state index is 0.379. The van der Waals surface area contributed by atoms with E-state index in [0.29, 0.717) is 6.04 Å². The molecule has 0 amide bonds. The first kappa shape index (κ1) is 15.2. The molecule has 0 spiro atoms. The fraction of sp³-hybridized carbons (Fsp3) is 0.625. The van der Waals surface area contributed by atoms with Gasteiger partial charge in [0.25, 0.3) is 0 Å². The van der Waals surface area contributed by atoms with Gasteiger partial charge in [0.1, 0.15) is 0 Å². The van der Waals surface area contributed by atoms with Crippen molar-refractivity contribution in [1.82, 2.24) is 5.32 Å². The molecule has 0 radical (unpaired) electrons. The van der Waals surface area contributed by atoms with E-state index in [2.05, 4.69) is 12.2 Å². The van der Waals surface area contributed by atoms with Crippen LogP contribution in [0.3, 0.4) is 0 Å². The molecular formula is C16H23Cl2N. The molecule has 1 N–H and O–H groups in total. The van der Waals surface area contributed by atoms with Gasteiger partial charge < -0.3 is 5.32 Å². The standard InChI is InChI=1S/C16H23Cl2N/c1-2-19-16(8-12-6-4-3-5-7-12)13-9-14(17)11-15(18)10-13/h9-12,16,19H,2-8H2,1H3. The van der Waals surface area contributed by atoms with Gasteiger partial charge in [0.05, 0.1) is 0 Å². The van der Waals surface area contributed by atoms with Crippen LogP contribution in [0.15, 0.2) is 18.2 Å². The molecule has 1 nitrogen and oxygen atoms in total. The average molecular weight is 300 g/mol. The summed E-state index contributed by atoms with van der Waals surface area (Å²) in [4.78, 5) is 0. The molecule has 3 heteroatoms. The Morgan fingerprint density at radius 2 is 1.74 bits per heavy atom. The Morgan fingerprint density at radius 1 is 1.11 bits per heavy atom. The molecular weight excluding hydrogens is 277 g/mol. The van der Waals surface area contributed by atoms with Crippen molar-refractivity contribution in [1.29, 1.82) is 0 Å². The lowest BCUT2D eigenvalue weighted by atomic mass is 9.83. The molecule has 0 aromatic heterocycles. The SMILES string of the molecule is CCNC(CC1CCCCC1)c1cc(Cl)cc(Cl)c1. The van der Waals surface area contributed by atoms with Crippen LogP contribution in [0.5, 0.6) is 0 Å². The topological polar surface area (TPSA) is 12.0 Å². The van der Waals surface area contributed by atoms with Crippen LogP contribution in [0.1, 0.15) is 57.1 Å². The first-order chi connectivity index (χ1) is 9.19. The molecule has 19 heavy (non-hydrogen) atoms. The maximum absolute atomic E-state index is 6.12. The zero-order chi connectivity index (χ0) is 13.7. The van der Waals surface area contributed by atoms with Crippen LogP contribution >= 0.6 is 23.2 Å². The van der Waals surface area contributed by atoms with Crippen molar-refractivity contribution in [2.24, 2.45) is 5.92 Å². The van der Waals surface area contributed by atoms with E-state index in [1.807, 2.05) is 12.1 Å². The Labute approximate surface area is 126 Å². The Hall–Kier alpha value is -0.240. The van der Waals surface area contributed by atoms with Gasteiger partial charge >= 0.3 is 0 Å². The Bertz CT molecular complexity index is 379. The molecule has 2 rings (SSSR count). The van der Waals surface area contributed by atoms with Crippen LogP contribution in [0, 0.1) is 5.92 Å². The molecule has 106 valence electrons. The molecule has 1 unspecified atom stereocenters. The quantitative estimate of drug-likeness (QED) is 0.744. The molecule has 1 aromatic rings. The first-order valence-corrected chi connectivity index (χ1v) is 8.14. The Kier molecular flexibility index (Phi) is 6.00. The van der Waals surface area contributed by atoms with E-state index in [1.165, 1.54) is 44.1 Å². The molecule has 1 aliphatic carbocycles. The number of hydrogen-bond acceptors (Lipinski definition) is 1. The van der Waals surface area contributed by atoms with Gasteiger partial charge in [-0.2, -0.15) is 0 Å². The lowest BCUT2D eigenvalue weighted by Gasteiger charge is -2.27. The van der Waals surface area contributed by atoms with Crippen molar-refractivity contribution in [3.05, 3.63) is 33.8 Å². The molecule has 1 saturated carbocycles. The van der Waals surface area contributed by atoms with E-state index in [4.69, 9.17) is 23.2 Å². The summed E-state index contributed by atoms with van der Waals surface area (Å²) in [6.07, 6.45) is 8.13. The van der Waals surface area contributed by atoms with Gasteiger partial charge in [-0.05, 0) is 42.6 Å². The van der Waals surface area contributed by atoms with E-state index in [0.717, 1.165) is 22.5 Å². The molecule has 0 bridgehead atoms. The zero-order valence-corrected chi connectivity index (χ0v) is 13.1. The van der Waals surface area contributed by atoms with Crippen LogP contribution in [0.25, 0.3) is 0 Å². The van der Waals surface area contributed by atoms with E-state index >= 15 is 0 Å². The number of hydrogen-bond donors (Lipinski definition) is 1. The lowest BCUT2D eigenvalue weighted by Crippen LogP contribution is -2.24. The number of nitrogens with one attached hydrogen (secondary N) is 1. The molecule has 1 aromatic carbocycles. The highest BCUT2D eigenvalue weighted by Crippen LogP contribution is 2.33. The minimum absolute atomic E-state index is 0.379. The number of halogens is 2. The third-order valence-electron chi connectivity index (χ3n) is 4.03. The lowest BCUT2D eigenvalue weighted by molar-refractivity contribution is 0.301. The Morgan fingerprint density at radius 3 is 2.32 bits per heavy atom. The second-order valence-corrected chi connectivity index (χ2v) is 6.43. The second kappa shape index (κ2) is 7.52. The molecule has 1 fully saturated rings. The van der Waals surface area contributed by atoms with Gasteiger partial charge in [0, 0.05) is 16.1 Å². The highest BCUT2D eigenvalue weighted by molar-refractivity contribution is 6.34. The molecule has 1 aliphatic rings. The van der Waals surface area contributed by atoms with Crippen molar-refractivity contribution >= 4 is 23.2 Å². The molecule has 0 saturated heterocycles.